The number of carbonyl (C=O) groups excluding carboxylic acids is 2. The molecule has 1 amide bonds. The van der Waals surface area contributed by atoms with E-state index in [0.717, 1.165) is 11.3 Å². The molecular formula is C18H12N4O5S2. The van der Waals surface area contributed by atoms with Gasteiger partial charge in [0.1, 0.15) is 5.01 Å². The fourth-order valence-electron chi connectivity index (χ4n) is 3.05. The lowest BCUT2D eigenvalue weighted by Gasteiger charge is -2.23. The summed E-state index contributed by atoms with van der Waals surface area (Å²) in [6, 6.07) is 7.79. The van der Waals surface area contributed by atoms with Crippen LogP contribution in [0.15, 0.2) is 53.1 Å². The number of carbonyl (C=O) groups is 2. The van der Waals surface area contributed by atoms with Crippen molar-refractivity contribution in [1.82, 2.24) is 10.2 Å². The molecule has 0 bridgehead atoms. The number of nitro benzene ring substituents is 1. The Morgan fingerprint density at radius 2 is 1.97 bits per heavy atom. The van der Waals surface area contributed by atoms with Crippen molar-refractivity contribution in [3.8, 4) is 0 Å². The van der Waals surface area contributed by atoms with Crippen molar-refractivity contribution in [1.29, 1.82) is 0 Å². The average Bonchev–Trinajstić information content (AvgIpc) is 3.43. The lowest BCUT2D eigenvalue weighted by Crippen LogP contribution is -2.31. The lowest BCUT2D eigenvalue weighted by atomic mass is 9.95. The van der Waals surface area contributed by atoms with Crippen LogP contribution in [0.3, 0.4) is 0 Å². The molecule has 1 unspecified atom stereocenters. The van der Waals surface area contributed by atoms with Crippen LogP contribution in [0.25, 0.3) is 0 Å². The van der Waals surface area contributed by atoms with Crippen molar-refractivity contribution in [2.24, 2.45) is 0 Å². The fourth-order valence-corrected chi connectivity index (χ4v) is 4.44. The minimum absolute atomic E-state index is 0.0980. The quantitative estimate of drug-likeness (QED) is 0.374. The molecule has 0 aliphatic carbocycles. The number of nitro groups is 1. The van der Waals surface area contributed by atoms with Crippen molar-refractivity contribution in [2.45, 2.75) is 13.0 Å². The number of benzene rings is 1. The summed E-state index contributed by atoms with van der Waals surface area (Å²) in [5, 5.41) is 32.0. The fraction of sp³-hybridized carbons (Fsp3) is 0.111. The first kappa shape index (κ1) is 18.9. The van der Waals surface area contributed by atoms with Crippen LogP contribution in [0, 0.1) is 17.0 Å². The van der Waals surface area contributed by atoms with Gasteiger partial charge in [0.15, 0.2) is 5.76 Å². The second-order valence-electron chi connectivity index (χ2n) is 6.10. The number of anilines is 1. The molecule has 0 spiro atoms. The molecule has 29 heavy (non-hydrogen) atoms. The van der Waals surface area contributed by atoms with Crippen LogP contribution in [-0.2, 0) is 4.79 Å². The third kappa shape index (κ3) is 3.19. The molecule has 146 valence electrons. The highest BCUT2D eigenvalue weighted by molar-refractivity contribution is 7.15. The molecule has 1 aliphatic rings. The van der Waals surface area contributed by atoms with Gasteiger partial charge < -0.3 is 5.11 Å². The molecule has 2 aromatic heterocycles. The summed E-state index contributed by atoms with van der Waals surface area (Å²) in [5.41, 5.74) is 0.204. The van der Waals surface area contributed by atoms with Crippen molar-refractivity contribution >= 4 is 45.2 Å². The van der Waals surface area contributed by atoms with Crippen molar-refractivity contribution in [3.05, 3.63) is 78.7 Å². The summed E-state index contributed by atoms with van der Waals surface area (Å²) >= 11 is 2.32. The summed E-state index contributed by atoms with van der Waals surface area (Å²) in [6.45, 7) is 1.72. The molecule has 0 fully saturated rings. The molecular weight excluding hydrogens is 416 g/mol. The number of thiophene rings is 1. The number of aliphatic hydroxyl groups is 1. The highest BCUT2D eigenvalue weighted by Crippen LogP contribution is 2.43. The number of amides is 1. The van der Waals surface area contributed by atoms with Crippen LogP contribution in [0.2, 0.25) is 0 Å². The van der Waals surface area contributed by atoms with Gasteiger partial charge >= 0.3 is 0 Å². The maximum atomic E-state index is 13.1. The monoisotopic (exact) mass is 428 g/mol. The highest BCUT2D eigenvalue weighted by Gasteiger charge is 2.46. The summed E-state index contributed by atoms with van der Waals surface area (Å²) in [6.07, 6.45) is 0. The minimum atomic E-state index is -0.981. The Hall–Kier alpha value is -3.44. The topological polar surface area (TPSA) is 127 Å². The summed E-state index contributed by atoms with van der Waals surface area (Å²) in [4.78, 5) is 37.9. The maximum Gasteiger partial charge on any atom is 0.296 e. The molecule has 1 N–H and O–H groups in total. The van der Waals surface area contributed by atoms with Gasteiger partial charge in [0, 0.05) is 12.1 Å². The number of ketones is 1. The van der Waals surface area contributed by atoms with Gasteiger partial charge in [-0.15, -0.1) is 21.5 Å². The first-order valence-electron chi connectivity index (χ1n) is 8.28. The molecule has 11 heteroatoms. The second-order valence-corrected chi connectivity index (χ2v) is 8.21. The van der Waals surface area contributed by atoms with Crippen LogP contribution in [-0.4, -0.2) is 31.9 Å². The van der Waals surface area contributed by atoms with Gasteiger partial charge in [-0.05, 0) is 36.1 Å². The first-order chi connectivity index (χ1) is 13.9. The van der Waals surface area contributed by atoms with E-state index in [1.54, 1.807) is 24.4 Å². The molecule has 4 rings (SSSR count). The number of Topliss-reactive ketones (excluding diaryl/α,β-unsaturated/α-hetero) is 1. The predicted octanol–water partition coefficient (Wildman–Crippen LogP) is 3.60. The zero-order chi connectivity index (χ0) is 20.7. The minimum Gasteiger partial charge on any atom is -0.503 e. The van der Waals surface area contributed by atoms with Gasteiger partial charge in [0.2, 0.25) is 10.9 Å². The zero-order valence-electron chi connectivity index (χ0n) is 14.8. The normalized spacial score (nSPS) is 16.5. The number of hydrogen-bond donors (Lipinski definition) is 1. The number of aryl methyl sites for hydroxylation is 1. The van der Waals surface area contributed by atoms with Gasteiger partial charge in [-0.3, -0.25) is 24.6 Å². The molecule has 1 atom stereocenters. The second kappa shape index (κ2) is 7.18. The van der Waals surface area contributed by atoms with Crippen LogP contribution in [0.5, 0.6) is 0 Å². The number of aromatic nitrogens is 2. The number of non-ortho nitro benzene ring substituents is 1. The van der Waals surface area contributed by atoms with Gasteiger partial charge in [-0.2, -0.15) is 0 Å². The Labute approximate surface area is 171 Å². The maximum absolute atomic E-state index is 13.1. The number of nitrogens with zero attached hydrogens (tertiary/aromatic N) is 4. The Morgan fingerprint density at radius 3 is 2.52 bits per heavy atom. The molecule has 0 saturated heterocycles. The van der Waals surface area contributed by atoms with E-state index in [0.29, 0.717) is 15.4 Å². The Bertz CT molecular complexity index is 1150. The van der Waals surface area contributed by atoms with E-state index in [4.69, 9.17) is 0 Å². The van der Waals surface area contributed by atoms with Crippen molar-refractivity contribution < 1.29 is 19.6 Å². The van der Waals surface area contributed by atoms with E-state index in [9.17, 15) is 24.8 Å². The third-order valence-electron chi connectivity index (χ3n) is 4.34. The van der Waals surface area contributed by atoms with Gasteiger partial charge in [0.25, 0.3) is 11.6 Å². The van der Waals surface area contributed by atoms with Crippen molar-refractivity contribution in [2.75, 3.05) is 4.90 Å². The zero-order valence-corrected chi connectivity index (χ0v) is 16.4. The molecule has 0 saturated carbocycles. The third-order valence-corrected chi connectivity index (χ3v) is 6.05. The van der Waals surface area contributed by atoms with E-state index < -0.39 is 28.4 Å². The molecule has 3 aromatic rings. The Morgan fingerprint density at radius 1 is 1.24 bits per heavy atom. The van der Waals surface area contributed by atoms with E-state index in [1.807, 2.05) is 0 Å². The summed E-state index contributed by atoms with van der Waals surface area (Å²) in [7, 11) is 0. The molecule has 3 heterocycles. The summed E-state index contributed by atoms with van der Waals surface area (Å²) < 4.78 is 0. The average molecular weight is 428 g/mol. The molecule has 9 nitrogen and oxygen atoms in total. The smallest absolute Gasteiger partial charge is 0.296 e. The SMILES string of the molecule is Cc1nnc(N2C(=O)C(O)=C(C(=O)c3cccs3)C2c2ccc([N+](=O)[O-])cc2)s1. The van der Waals surface area contributed by atoms with E-state index in [1.165, 1.54) is 40.5 Å². The van der Waals surface area contributed by atoms with E-state index in [-0.39, 0.29) is 16.4 Å². The lowest BCUT2D eigenvalue weighted by molar-refractivity contribution is -0.384. The standard InChI is InChI=1S/C18H12N4O5S2/c1-9-19-20-18(29-9)21-14(10-4-6-11(7-5-10)22(26)27)13(16(24)17(21)25)15(23)12-3-2-8-28-12/h2-8,14,24H,1H3. The van der Waals surface area contributed by atoms with E-state index >= 15 is 0 Å². The molecule has 1 aliphatic heterocycles. The molecule has 0 radical (unpaired) electrons. The molecule has 1 aromatic carbocycles. The largest absolute Gasteiger partial charge is 0.503 e. The van der Waals surface area contributed by atoms with Gasteiger partial charge in [0.05, 0.1) is 21.4 Å². The number of hydrogen-bond acceptors (Lipinski definition) is 9. The first-order valence-corrected chi connectivity index (χ1v) is 9.97. The van der Waals surface area contributed by atoms with E-state index in [2.05, 4.69) is 10.2 Å². The highest BCUT2D eigenvalue weighted by atomic mass is 32.1. The van der Waals surface area contributed by atoms with Gasteiger partial charge in [-0.25, -0.2) is 0 Å². The Balaban J connectivity index is 1.86. The van der Waals surface area contributed by atoms with Gasteiger partial charge in [-0.1, -0.05) is 17.4 Å². The number of aliphatic hydroxyl groups excluding tert-OH is 1. The summed E-state index contributed by atoms with van der Waals surface area (Å²) in [5.74, 6) is -1.93. The van der Waals surface area contributed by atoms with Crippen molar-refractivity contribution in [3.63, 3.8) is 0 Å². The van der Waals surface area contributed by atoms with Crippen LogP contribution < -0.4 is 4.90 Å². The number of rotatable bonds is 5. The van der Waals surface area contributed by atoms with Crippen LogP contribution in [0.1, 0.15) is 26.3 Å². The predicted molar refractivity (Wildman–Crippen MR) is 106 cm³/mol. The van der Waals surface area contributed by atoms with Crippen LogP contribution in [0.4, 0.5) is 10.8 Å². The Kier molecular flexibility index (Phi) is 4.68. The van der Waals surface area contributed by atoms with Crippen LogP contribution >= 0.6 is 22.7 Å².